The van der Waals surface area contributed by atoms with E-state index in [1.54, 1.807) is 11.8 Å². The summed E-state index contributed by atoms with van der Waals surface area (Å²) < 4.78 is 0. The Labute approximate surface area is 118 Å². The Bertz CT molecular complexity index is 351. The minimum atomic E-state index is 0.509. The maximum atomic E-state index is 4.58. The van der Waals surface area contributed by atoms with Gasteiger partial charge in [-0.2, -0.15) is 11.8 Å². The molecule has 1 unspecified atom stereocenters. The van der Waals surface area contributed by atoms with Crippen LogP contribution in [-0.4, -0.2) is 48.4 Å². The van der Waals surface area contributed by atoms with E-state index in [2.05, 4.69) is 40.4 Å². The maximum absolute atomic E-state index is 4.58. The lowest BCUT2D eigenvalue weighted by atomic mass is 10.2. The number of hydrogen-bond donors (Lipinski definition) is 1. The van der Waals surface area contributed by atoms with Crippen molar-refractivity contribution < 1.29 is 0 Å². The molecule has 0 aliphatic heterocycles. The third kappa shape index (κ3) is 3.95. The topological polar surface area (TPSA) is 41.0 Å². The van der Waals surface area contributed by atoms with Crippen molar-refractivity contribution in [2.75, 3.05) is 42.6 Å². The molecule has 0 bridgehead atoms. The first kappa shape index (κ1) is 15.4. The second kappa shape index (κ2) is 7.74. The summed E-state index contributed by atoms with van der Waals surface area (Å²) in [4.78, 5) is 11.2. The Morgan fingerprint density at radius 1 is 1.39 bits per heavy atom. The molecule has 0 fully saturated rings. The lowest BCUT2D eigenvalue weighted by Crippen LogP contribution is -2.34. The monoisotopic (exact) mass is 286 g/mol. The Morgan fingerprint density at radius 3 is 2.61 bits per heavy atom. The van der Waals surface area contributed by atoms with Gasteiger partial charge < -0.3 is 10.2 Å². The molecule has 18 heavy (non-hydrogen) atoms. The first-order valence-electron chi connectivity index (χ1n) is 5.98. The van der Waals surface area contributed by atoms with Gasteiger partial charge in [0.05, 0.1) is 0 Å². The van der Waals surface area contributed by atoms with Crippen LogP contribution in [-0.2, 0) is 0 Å². The maximum Gasteiger partial charge on any atom is 0.191 e. The molecule has 0 amide bonds. The van der Waals surface area contributed by atoms with Gasteiger partial charge in [0.25, 0.3) is 0 Å². The van der Waals surface area contributed by atoms with Crippen molar-refractivity contribution in [1.29, 1.82) is 0 Å². The minimum absolute atomic E-state index is 0.509. The van der Waals surface area contributed by atoms with Crippen molar-refractivity contribution in [3.8, 4) is 0 Å². The molecule has 4 nitrogen and oxygen atoms in total. The second-order valence-electron chi connectivity index (χ2n) is 3.98. The molecule has 0 radical (unpaired) electrons. The van der Waals surface area contributed by atoms with Gasteiger partial charge in [-0.15, -0.1) is 0 Å². The fourth-order valence-electron chi connectivity index (χ4n) is 1.70. The SMILES string of the molecule is CCC(CSC)N(C)c1cc(NC)nc(SC)n1. The zero-order chi connectivity index (χ0) is 13.5. The van der Waals surface area contributed by atoms with Crippen LogP contribution in [0.25, 0.3) is 0 Å². The van der Waals surface area contributed by atoms with Gasteiger partial charge in [0.15, 0.2) is 5.16 Å². The lowest BCUT2D eigenvalue weighted by Gasteiger charge is -2.28. The quantitative estimate of drug-likeness (QED) is 0.614. The fraction of sp³-hybridized carbons (Fsp3) is 0.667. The number of nitrogens with one attached hydrogen (secondary N) is 1. The molecule has 1 aromatic heterocycles. The lowest BCUT2D eigenvalue weighted by molar-refractivity contribution is 0.661. The van der Waals surface area contributed by atoms with Crippen molar-refractivity contribution in [2.45, 2.75) is 24.5 Å². The van der Waals surface area contributed by atoms with Crippen LogP contribution < -0.4 is 10.2 Å². The summed E-state index contributed by atoms with van der Waals surface area (Å²) >= 11 is 3.44. The third-order valence-electron chi connectivity index (χ3n) is 2.87. The van der Waals surface area contributed by atoms with Gasteiger partial charge in [-0.1, -0.05) is 18.7 Å². The fourth-order valence-corrected chi connectivity index (χ4v) is 2.91. The average molecular weight is 286 g/mol. The number of nitrogens with zero attached hydrogens (tertiary/aromatic N) is 3. The van der Waals surface area contributed by atoms with Crippen LogP contribution in [0.5, 0.6) is 0 Å². The van der Waals surface area contributed by atoms with Crippen molar-refractivity contribution in [3.63, 3.8) is 0 Å². The molecule has 1 aromatic rings. The third-order valence-corrected chi connectivity index (χ3v) is 4.14. The molecular formula is C12H22N4S2. The Balaban J connectivity index is 2.98. The molecule has 1 N–H and O–H groups in total. The molecule has 0 aliphatic carbocycles. The van der Waals surface area contributed by atoms with Crippen LogP contribution in [0.15, 0.2) is 11.2 Å². The molecule has 6 heteroatoms. The van der Waals surface area contributed by atoms with E-state index in [4.69, 9.17) is 0 Å². The Kier molecular flexibility index (Phi) is 6.63. The predicted octanol–water partition coefficient (Wildman–Crippen LogP) is 2.82. The standard InChI is InChI=1S/C12H22N4S2/c1-6-9(8-17-4)16(3)11-7-10(13-2)14-12(15-11)18-5/h7,9H,6,8H2,1-5H3,(H,13,14,15). The molecule has 0 saturated carbocycles. The van der Waals surface area contributed by atoms with E-state index < -0.39 is 0 Å². The van der Waals surface area contributed by atoms with Crippen molar-refractivity contribution in [3.05, 3.63) is 6.07 Å². The molecule has 1 heterocycles. The number of thioether (sulfide) groups is 2. The number of hydrogen-bond acceptors (Lipinski definition) is 6. The zero-order valence-corrected chi connectivity index (χ0v) is 13.4. The van der Waals surface area contributed by atoms with Gasteiger partial charge in [-0.3, -0.25) is 0 Å². The molecule has 102 valence electrons. The predicted molar refractivity (Wildman–Crippen MR) is 84.2 cm³/mol. The van der Waals surface area contributed by atoms with Crippen LogP contribution >= 0.6 is 23.5 Å². The molecule has 0 aliphatic rings. The van der Waals surface area contributed by atoms with E-state index in [1.165, 1.54) is 0 Å². The van der Waals surface area contributed by atoms with Gasteiger partial charge in [-0.05, 0) is 18.9 Å². The largest absolute Gasteiger partial charge is 0.373 e. The zero-order valence-electron chi connectivity index (χ0n) is 11.7. The summed E-state index contributed by atoms with van der Waals surface area (Å²) in [7, 11) is 3.99. The summed E-state index contributed by atoms with van der Waals surface area (Å²) in [5.41, 5.74) is 0. The van der Waals surface area contributed by atoms with Gasteiger partial charge in [0, 0.05) is 32.0 Å². The average Bonchev–Trinajstić information content (AvgIpc) is 2.43. The highest BCUT2D eigenvalue weighted by atomic mass is 32.2. The van der Waals surface area contributed by atoms with E-state index in [-0.39, 0.29) is 0 Å². The molecular weight excluding hydrogens is 264 g/mol. The smallest absolute Gasteiger partial charge is 0.191 e. The van der Waals surface area contributed by atoms with Crippen LogP contribution in [0.3, 0.4) is 0 Å². The molecule has 0 aromatic carbocycles. The summed E-state index contributed by atoms with van der Waals surface area (Å²) in [5.74, 6) is 2.97. The minimum Gasteiger partial charge on any atom is -0.373 e. The summed E-state index contributed by atoms with van der Waals surface area (Å²) in [6.45, 7) is 2.22. The van der Waals surface area contributed by atoms with Gasteiger partial charge in [-0.25, -0.2) is 9.97 Å². The van der Waals surface area contributed by atoms with Crippen LogP contribution in [0.2, 0.25) is 0 Å². The van der Waals surface area contributed by atoms with E-state index in [0.717, 1.165) is 29.0 Å². The van der Waals surface area contributed by atoms with E-state index in [1.807, 2.05) is 31.1 Å². The summed E-state index contributed by atoms with van der Waals surface area (Å²) in [6.07, 6.45) is 5.26. The normalized spacial score (nSPS) is 12.3. The highest BCUT2D eigenvalue weighted by Gasteiger charge is 2.15. The Hall–Kier alpha value is -0.620. The highest BCUT2D eigenvalue weighted by Crippen LogP contribution is 2.22. The molecule has 1 rings (SSSR count). The van der Waals surface area contributed by atoms with Gasteiger partial charge >= 0.3 is 0 Å². The van der Waals surface area contributed by atoms with Crippen LogP contribution in [0.4, 0.5) is 11.6 Å². The van der Waals surface area contributed by atoms with Gasteiger partial charge in [0.1, 0.15) is 11.6 Å². The van der Waals surface area contributed by atoms with Crippen molar-refractivity contribution in [2.24, 2.45) is 0 Å². The number of rotatable bonds is 7. The van der Waals surface area contributed by atoms with E-state index in [9.17, 15) is 0 Å². The van der Waals surface area contributed by atoms with Crippen LogP contribution in [0.1, 0.15) is 13.3 Å². The molecule has 0 spiro atoms. The van der Waals surface area contributed by atoms with Gasteiger partial charge in [0.2, 0.25) is 0 Å². The first-order valence-corrected chi connectivity index (χ1v) is 8.60. The van der Waals surface area contributed by atoms with E-state index in [0.29, 0.717) is 6.04 Å². The molecule has 0 saturated heterocycles. The first-order chi connectivity index (χ1) is 8.65. The number of anilines is 2. The van der Waals surface area contributed by atoms with Crippen LogP contribution in [0, 0.1) is 0 Å². The highest BCUT2D eigenvalue weighted by molar-refractivity contribution is 7.98. The number of aromatic nitrogens is 2. The molecule has 1 atom stereocenters. The van der Waals surface area contributed by atoms with Crippen molar-refractivity contribution in [1.82, 2.24) is 9.97 Å². The Morgan fingerprint density at radius 2 is 2.11 bits per heavy atom. The van der Waals surface area contributed by atoms with Crippen molar-refractivity contribution >= 4 is 35.2 Å². The summed E-state index contributed by atoms with van der Waals surface area (Å²) in [6, 6.07) is 2.51. The second-order valence-corrected chi connectivity index (χ2v) is 5.66. The van der Waals surface area contributed by atoms with E-state index >= 15 is 0 Å². The summed E-state index contributed by atoms with van der Waals surface area (Å²) in [5, 5.41) is 3.90.